The second kappa shape index (κ2) is 8.02. The molecule has 1 aliphatic heterocycles. The van der Waals surface area contributed by atoms with Gasteiger partial charge in [-0.05, 0) is 71.8 Å². The van der Waals surface area contributed by atoms with E-state index in [9.17, 15) is 9.59 Å². The van der Waals surface area contributed by atoms with Crippen molar-refractivity contribution in [1.29, 1.82) is 0 Å². The molecular formula is C20H18IN3O2S. The van der Waals surface area contributed by atoms with E-state index in [1.807, 2.05) is 54.6 Å². The summed E-state index contributed by atoms with van der Waals surface area (Å²) >= 11 is 3.61. The third kappa shape index (κ3) is 4.52. The van der Waals surface area contributed by atoms with E-state index in [4.69, 9.17) is 0 Å². The lowest BCUT2D eigenvalue weighted by molar-refractivity contribution is -0.128. The Bertz CT molecular complexity index is 882. The Kier molecular flexibility index (Phi) is 5.49. The molecule has 138 valence electrons. The molecule has 1 N–H and O–H groups in total. The molecule has 0 radical (unpaired) electrons. The molecule has 27 heavy (non-hydrogen) atoms. The number of amidine groups is 1. The van der Waals surface area contributed by atoms with E-state index in [2.05, 4.69) is 32.9 Å². The normalized spacial score (nSPS) is 20.9. The fourth-order valence-electron chi connectivity index (χ4n) is 2.89. The summed E-state index contributed by atoms with van der Waals surface area (Å²) in [6.45, 7) is 0. The van der Waals surface area contributed by atoms with Crippen LogP contribution in [0.2, 0.25) is 0 Å². The van der Waals surface area contributed by atoms with Gasteiger partial charge in [0.1, 0.15) is 5.25 Å². The number of halogens is 1. The SMILES string of the molecule is O=C(CC1SC(=Nc2ccccc2)N(C2CC2)C1=O)Nc1ccc(I)cc1. The fourth-order valence-corrected chi connectivity index (χ4v) is 4.46. The molecule has 1 atom stereocenters. The number of carbonyl (C=O) groups excluding carboxylic acids is 2. The van der Waals surface area contributed by atoms with Crippen LogP contribution in [0, 0.1) is 3.57 Å². The highest BCUT2D eigenvalue weighted by Crippen LogP contribution is 2.39. The van der Waals surface area contributed by atoms with Crippen LogP contribution in [0.25, 0.3) is 0 Å². The third-order valence-corrected chi connectivity index (χ3v) is 6.23. The van der Waals surface area contributed by atoms with Crippen molar-refractivity contribution in [3.05, 3.63) is 58.2 Å². The first-order chi connectivity index (χ1) is 13.1. The van der Waals surface area contributed by atoms with Gasteiger partial charge in [-0.3, -0.25) is 14.5 Å². The molecule has 2 fully saturated rings. The molecule has 7 heteroatoms. The number of aliphatic imine (C=N–C) groups is 1. The van der Waals surface area contributed by atoms with Crippen LogP contribution >= 0.6 is 34.4 Å². The van der Waals surface area contributed by atoms with Crippen molar-refractivity contribution in [3.63, 3.8) is 0 Å². The van der Waals surface area contributed by atoms with Crippen LogP contribution in [0.5, 0.6) is 0 Å². The monoisotopic (exact) mass is 491 g/mol. The van der Waals surface area contributed by atoms with E-state index >= 15 is 0 Å². The second-order valence-corrected chi connectivity index (χ2v) is 8.95. The summed E-state index contributed by atoms with van der Waals surface area (Å²) in [6.07, 6.45) is 2.15. The van der Waals surface area contributed by atoms with Crippen molar-refractivity contribution in [2.24, 2.45) is 4.99 Å². The van der Waals surface area contributed by atoms with Gasteiger partial charge in [0, 0.05) is 21.7 Å². The van der Waals surface area contributed by atoms with Gasteiger partial charge < -0.3 is 5.32 Å². The van der Waals surface area contributed by atoms with Crippen molar-refractivity contribution in [1.82, 2.24) is 4.90 Å². The average molecular weight is 491 g/mol. The summed E-state index contributed by atoms with van der Waals surface area (Å²) in [6, 6.07) is 17.5. The summed E-state index contributed by atoms with van der Waals surface area (Å²) in [7, 11) is 0. The maximum absolute atomic E-state index is 12.9. The van der Waals surface area contributed by atoms with Gasteiger partial charge in [-0.1, -0.05) is 30.0 Å². The van der Waals surface area contributed by atoms with Crippen LogP contribution in [-0.2, 0) is 9.59 Å². The van der Waals surface area contributed by atoms with Gasteiger partial charge >= 0.3 is 0 Å². The van der Waals surface area contributed by atoms with Crippen molar-refractivity contribution in [2.45, 2.75) is 30.6 Å². The molecule has 2 aromatic rings. The Labute approximate surface area is 175 Å². The minimum absolute atomic E-state index is 0.00468. The molecule has 2 amide bonds. The van der Waals surface area contributed by atoms with E-state index in [0.29, 0.717) is 5.17 Å². The van der Waals surface area contributed by atoms with E-state index in [1.54, 1.807) is 4.90 Å². The number of nitrogens with one attached hydrogen (secondary N) is 1. The maximum Gasteiger partial charge on any atom is 0.242 e. The highest BCUT2D eigenvalue weighted by molar-refractivity contribution is 14.1. The molecule has 2 aromatic carbocycles. The molecule has 1 saturated carbocycles. The zero-order valence-electron chi connectivity index (χ0n) is 14.5. The van der Waals surface area contributed by atoms with Crippen LogP contribution < -0.4 is 5.32 Å². The quantitative estimate of drug-likeness (QED) is 0.631. The lowest BCUT2D eigenvalue weighted by Gasteiger charge is -2.15. The molecular weight excluding hydrogens is 473 g/mol. The van der Waals surface area contributed by atoms with Gasteiger partial charge in [0.25, 0.3) is 0 Å². The number of para-hydroxylation sites is 1. The molecule has 1 saturated heterocycles. The Balaban J connectivity index is 1.47. The van der Waals surface area contributed by atoms with Gasteiger partial charge in [-0.15, -0.1) is 0 Å². The smallest absolute Gasteiger partial charge is 0.242 e. The molecule has 2 aliphatic rings. The molecule has 0 aromatic heterocycles. The number of hydrogen-bond acceptors (Lipinski definition) is 4. The Morgan fingerprint density at radius 2 is 1.85 bits per heavy atom. The standard InChI is InChI=1S/C20H18IN3O2S/c21-13-6-8-15(9-7-13)22-18(25)12-17-19(26)24(16-10-11-16)20(27-17)23-14-4-2-1-3-5-14/h1-9,16-17H,10-12H2,(H,22,25). The number of carbonyl (C=O) groups is 2. The van der Waals surface area contributed by atoms with Gasteiger partial charge in [0.05, 0.1) is 5.69 Å². The summed E-state index contributed by atoms with van der Waals surface area (Å²) in [5.41, 5.74) is 1.57. The van der Waals surface area contributed by atoms with E-state index < -0.39 is 5.25 Å². The van der Waals surface area contributed by atoms with Crippen molar-refractivity contribution in [2.75, 3.05) is 5.32 Å². The molecule has 1 unspecified atom stereocenters. The molecule has 5 nitrogen and oxygen atoms in total. The van der Waals surface area contributed by atoms with E-state index in [0.717, 1.165) is 27.8 Å². The summed E-state index contributed by atoms with van der Waals surface area (Å²) in [4.78, 5) is 31.7. The summed E-state index contributed by atoms with van der Waals surface area (Å²) in [5.74, 6) is -0.159. The number of rotatable bonds is 5. The number of hydrogen-bond donors (Lipinski definition) is 1. The zero-order chi connectivity index (χ0) is 18.8. The number of anilines is 1. The fraction of sp³-hybridized carbons (Fsp3) is 0.250. The Morgan fingerprint density at radius 3 is 2.52 bits per heavy atom. The first kappa shape index (κ1) is 18.5. The predicted octanol–water partition coefficient (Wildman–Crippen LogP) is 4.41. The van der Waals surface area contributed by atoms with Crippen molar-refractivity contribution in [3.8, 4) is 0 Å². The number of amides is 2. The van der Waals surface area contributed by atoms with E-state index in [1.165, 1.54) is 11.8 Å². The van der Waals surface area contributed by atoms with Gasteiger partial charge in [0.2, 0.25) is 11.8 Å². The van der Waals surface area contributed by atoms with Crippen LogP contribution in [0.15, 0.2) is 59.6 Å². The highest BCUT2D eigenvalue weighted by Gasteiger charge is 2.46. The molecule has 0 bridgehead atoms. The van der Waals surface area contributed by atoms with Crippen LogP contribution in [0.3, 0.4) is 0 Å². The molecule has 0 spiro atoms. The number of benzene rings is 2. The van der Waals surface area contributed by atoms with Gasteiger partial charge in [0.15, 0.2) is 5.17 Å². The third-order valence-electron chi connectivity index (χ3n) is 4.36. The topological polar surface area (TPSA) is 61.8 Å². The first-order valence-corrected chi connectivity index (χ1v) is 10.7. The summed E-state index contributed by atoms with van der Waals surface area (Å²) in [5, 5.41) is 3.16. The minimum atomic E-state index is -0.420. The number of thioether (sulfide) groups is 1. The predicted molar refractivity (Wildman–Crippen MR) is 117 cm³/mol. The Hall–Kier alpha value is -1.87. The zero-order valence-corrected chi connectivity index (χ0v) is 17.4. The Morgan fingerprint density at radius 1 is 1.15 bits per heavy atom. The second-order valence-electron chi connectivity index (χ2n) is 6.54. The van der Waals surface area contributed by atoms with E-state index in [-0.39, 0.29) is 24.3 Å². The van der Waals surface area contributed by atoms with Gasteiger partial charge in [-0.2, -0.15) is 0 Å². The van der Waals surface area contributed by atoms with Gasteiger partial charge in [-0.25, -0.2) is 4.99 Å². The average Bonchev–Trinajstić information content (AvgIpc) is 3.44. The minimum Gasteiger partial charge on any atom is -0.326 e. The molecule has 1 heterocycles. The molecule has 4 rings (SSSR count). The summed E-state index contributed by atoms with van der Waals surface area (Å²) < 4.78 is 1.11. The highest BCUT2D eigenvalue weighted by atomic mass is 127. The lowest BCUT2D eigenvalue weighted by atomic mass is 10.2. The molecule has 1 aliphatic carbocycles. The van der Waals surface area contributed by atoms with Crippen LogP contribution in [0.1, 0.15) is 19.3 Å². The van der Waals surface area contributed by atoms with Crippen molar-refractivity contribution < 1.29 is 9.59 Å². The van der Waals surface area contributed by atoms with Crippen LogP contribution in [-0.4, -0.2) is 33.2 Å². The maximum atomic E-state index is 12.9. The number of nitrogens with zero attached hydrogens (tertiary/aromatic N) is 2. The van der Waals surface area contributed by atoms with Crippen LogP contribution in [0.4, 0.5) is 11.4 Å². The largest absolute Gasteiger partial charge is 0.326 e. The first-order valence-electron chi connectivity index (χ1n) is 8.79. The lowest BCUT2D eigenvalue weighted by Crippen LogP contribution is -2.35. The van der Waals surface area contributed by atoms with Crippen molar-refractivity contribution >= 4 is 62.7 Å².